The molecule has 1 aliphatic heterocycles. The third kappa shape index (κ3) is 6.75. The Balaban J connectivity index is 1.20. The number of carbonyl (C=O) groups is 1. The van der Waals surface area contributed by atoms with E-state index in [9.17, 15) is 13.2 Å². The molecular weight excluding hydrogens is 530 g/mol. The Bertz CT molecular complexity index is 1420. The molecule has 3 heterocycles. The fourth-order valence-electron chi connectivity index (χ4n) is 5.91. The Morgan fingerprint density at radius 2 is 1.95 bits per heavy atom. The lowest BCUT2D eigenvalue weighted by Gasteiger charge is -2.33. The van der Waals surface area contributed by atoms with Crippen LogP contribution in [-0.2, 0) is 19.4 Å². The first kappa shape index (κ1) is 28.4. The highest BCUT2D eigenvalue weighted by molar-refractivity contribution is 7.90. The predicted molar refractivity (Wildman–Crippen MR) is 155 cm³/mol. The maximum atomic E-state index is 13.2. The van der Waals surface area contributed by atoms with Crippen LogP contribution in [0.1, 0.15) is 44.9 Å². The van der Waals surface area contributed by atoms with E-state index in [1.165, 1.54) is 6.26 Å². The summed E-state index contributed by atoms with van der Waals surface area (Å²) in [5, 5.41) is 4.43. The molecule has 2 fully saturated rings. The van der Waals surface area contributed by atoms with Gasteiger partial charge < -0.3 is 24.3 Å². The van der Waals surface area contributed by atoms with E-state index in [1.54, 1.807) is 13.3 Å². The second-order valence-corrected chi connectivity index (χ2v) is 13.2. The van der Waals surface area contributed by atoms with Crippen molar-refractivity contribution < 1.29 is 22.7 Å². The number of ether oxygens (including phenoxy) is 2. The first-order valence-electron chi connectivity index (χ1n) is 14.1. The second kappa shape index (κ2) is 12.6. The Hall–Kier alpha value is -3.18. The van der Waals surface area contributed by atoms with Crippen molar-refractivity contribution in [2.24, 2.45) is 5.92 Å². The van der Waals surface area contributed by atoms with Gasteiger partial charge in [-0.1, -0.05) is 6.07 Å². The number of sulfone groups is 1. The molecule has 1 aromatic carbocycles. The second-order valence-electron chi connectivity index (χ2n) is 10.9. The lowest BCUT2D eigenvalue weighted by molar-refractivity contribution is -0.138. The summed E-state index contributed by atoms with van der Waals surface area (Å²) < 4.78 is 36.0. The summed E-state index contributed by atoms with van der Waals surface area (Å²) in [6, 6.07) is 10.1. The number of nitrogens with zero attached hydrogens (tertiary/aromatic N) is 4. The van der Waals surface area contributed by atoms with Gasteiger partial charge in [0.15, 0.2) is 0 Å². The molecule has 0 radical (unpaired) electrons. The molecule has 2 aliphatic rings. The summed E-state index contributed by atoms with van der Waals surface area (Å²) >= 11 is 0. The van der Waals surface area contributed by atoms with Gasteiger partial charge in [0, 0.05) is 49.6 Å². The topological polar surface area (TPSA) is 116 Å². The van der Waals surface area contributed by atoms with Crippen LogP contribution in [0.4, 0.5) is 5.95 Å². The Labute approximate surface area is 236 Å². The number of benzene rings is 1. The van der Waals surface area contributed by atoms with Gasteiger partial charge in [-0.3, -0.25) is 4.79 Å². The van der Waals surface area contributed by atoms with E-state index >= 15 is 0 Å². The van der Waals surface area contributed by atoms with Crippen LogP contribution in [0.2, 0.25) is 0 Å². The number of amides is 1. The zero-order valence-electron chi connectivity index (χ0n) is 23.3. The van der Waals surface area contributed by atoms with Gasteiger partial charge in [-0.05, 0) is 69.2 Å². The zero-order valence-corrected chi connectivity index (χ0v) is 24.1. The molecule has 1 N–H and O–H groups in total. The Morgan fingerprint density at radius 1 is 1.12 bits per heavy atom. The number of aromatic nitrogens is 3. The number of carbonyl (C=O) groups excluding carboxylic acids is 1. The molecule has 0 bridgehead atoms. The number of hydrogen-bond donors (Lipinski definition) is 1. The normalized spacial score (nSPS) is 21.6. The third-order valence-electron chi connectivity index (χ3n) is 7.93. The van der Waals surface area contributed by atoms with Gasteiger partial charge in [0.2, 0.25) is 11.9 Å². The molecule has 1 saturated carbocycles. The van der Waals surface area contributed by atoms with Crippen LogP contribution in [0.3, 0.4) is 0 Å². The van der Waals surface area contributed by atoms with E-state index < -0.39 is 9.84 Å². The summed E-state index contributed by atoms with van der Waals surface area (Å²) in [5.74, 6) is 2.49. The number of anilines is 1. The van der Waals surface area contributed by atoms with Crippen LogP contribution in [0.25, 0.3) is 16.7 Å². The largest absolute Gasteiger partial charge is 0.493 e. The van der Waals surface area contributed by atoms with Crippen LogP contribution >= 0.6 is 0 Å². The van der Waals surface area contributed by atoms with Crippen LogP contribution in [0.5, 0.6) is 5.75 Å². The molecule has 1 aliphatic carbocycles. The first-order chi connectivity index (χ1) is 19.3. The molecule has 40 heavy (non-hydrogen) atoms. The molecule has 1 saturated heterocycles. The van der Waals surface area contributed by atoms with E-state index in [2.05, 4.69) is 10.3 Å². The van der Waals surface area contributed by atoms with Crippen molar-refractivity contribution in [2.75, 3.05) is 44.2 Å². The maximum Gasteiger partial charge on any atom is 0.226 e. The van der Waals surface area contributed by atoms with Crippen molar-refractivity contribution in [1.82, 2.24) is 19.4 Å². The molecule has 3 aromatic rings. The van der Waals surface area contributed by atoms with E-state index in [4.69, 9.17) is 14.5 Å². The number of nitrogens with one attached hydrogen (secondary N) is 1. The lowest BCUT2D eigenvalue weighted by atomic mass is 9.85. The van der Waals surface area contributed by atoms with Crippen LogP contribution in [0, 0.1) is 5.92 Å². The fraction of sp³-hybridized carbons (Fsp3) is 0.552. The predicted octanol–water partition coefficient (Wildman–Crippen LogP) is 3.84. The van der Waals surface area contributed by atoms with Crippen molar-refractivity contribution in [1.29, 1.82) is 0 Å². The third-order valence-corrected chi connectivity index (χ3v) is 8.96. The monoisotopic (exact) mass is 569 g/mol. The van der Waals surface area contributed by atoms with Crippen LogP contribution in [0.15, 0.2) is 42.7 Å². The highest BCUT2D eigenvalue weighted by Gasteiger charge is 2.35. The van der Waals surface area contributed by atoms with Crippen molar-refractivity contribution in [3.63, 3.8) is 0 Å². The highest BCUT2D eigenvalue weighted by Crippen LogP contribution is 2.31. The van der Waals surface area contributed by atoms with Gasteiger partial charge >= 0.3 is 0 Å². The molecule has 0 spiro atoms. The first-order valence-corrected chi connectivity index (χ1v) is 16.2. The molecule has 1 unspecified atom stereocenters. The van der Waals surface area contributed by atoms with E-state index in [0.717, 1.165) is 61.8 Å². The van der Waals surface area contributed by atoms with Gasteiger partial charge in [-0.15, -0.1) is 0 Å². The number of hydrogen-bond acceptors (Lipinski definition) is 8. The molecule has 5 rings (SSSR count). The summed E-state index contributed by atoms with van der Waals surface area (Å²) in [7, 11) is -1.31. The van der Waals surface area contributed by atoms with Crippen molar-refractivity contribution >= 4 is 32.6 Å². The average molecular weight is 570 g/mol. The maximum absolute atomic E-state index is 13.2. The van der Waals surface area contributed by atoms with Crippen molar-refractivity contribution in [2.45, 2.75) is 57.0 Å². The van der Waals surface area contributed by atoms with Gasteiger partial charge in [-0.25, -0.2) is 13.4 Å². The van der Waals surface area contributed by atoms with Gasteiger partial charge in [0.05, 0.1) is 30.5 Å². The number of rotatable bonds is 11. The number of fused-ring (bicyclic) bond motifs is 1. The van der Waals surface area contributed by atoms with Crippen LogP contribution < -0.4 is 10.1 Å². The minimum absolute atomic E-state index is 0.0804. The Morgan fingerprint density at radius 3 is 2.73 bits per heavy atom. The van der Waals surface area contributed by atoms with Crippen LogP contribution in [-0.4, -0.2) is 84.7 Å². The molecule has 10 nitrogen and oxygen atoms in total. The molecule has 11 heteroatoms. The van der Waals surface area contributed by atoms with Crippen molar-refractivity contribution in [3.8, 4) is 11.6 Å². The number of likely N-dealkylation sites (tertiary alicyclic amines) is 1. The molecule has 2 aromatic heterocycles. The van der Waals surface area contributed by atoms with Gasteiger partial charge in [-0.2, -0.15) is 4.98 Å². The summed E-state index contributed by atoms with van der Waals surface area (Å²) in [4.78, 5) is 24.4. The van der Waals surface area contributed by atoms with Gasteiger partial charge in [0.1, 0.15) is 21.4 Å². The Kier molecular flexibility index (Phi) is 8.90. The molecular formula is C29H39N5O5S. The summed E-state index contributed by atoms with van der Waals surface area (Å²) in [6.07, 6.45) is 11.0. The highest BCUT2D eigenvalue weighted by atomic mass is 32.2. The minimum Gasteiger partial charge on any atom is -0.493 e. The molecule has 216 valence electrons. The van der Waals surface area contributed by atoms with E-state index in [0.29, 0.717) is 31.3 Å². The standard InChI is InChI=1S/C29H39N5O5S/c1-38-20-23-6-4-16-33(23)28(35)21-9-11-22(12-10-21)31-29-30-15-13-27(32-29)34-17-14-24-25(34)7-3-8-26(24)39-18-5-19-40(2,36)37/h3,7-8,13-15,17,21-23H,4-6,9-12,16,18-20H2,1-2H3,(H,30,31,32). The van der Waals surface area contributed by atoms with E-state index in [-0.39, 0.29) is 29.7 Å². The molecule has 1 amide bonds. The lowest BCUT2D eigenvalue weighted by Crippen LogP contribution is -2.43. The summed E-state index contributed by atoms with van der Waals surface area (Å²) in [5.41, 5.74) is 0.943. The average Bonchev–Trinajstić information content (AvgIpc) is 3.59. The summed E-state index contributed by atoms with van der Waals surface area (Å²) in [6.45, 7) is 1.79. The fourth-order valence-corrected chi connectivity index (χ4v) is 6.56. The smallest absolute Gasteiger partial charge is 0.226 e. The van der Waals surface area contributed by atoms with Crippen molar-refractivity contribution in [3.05, 3.63) is 42.7 Å². The molecule has 1 atom stereocenters. The minimum atomic E-state index is -3.01. The van der Waals surface area contributed by atoms with E-state index in [1.807, 2.05) is 46.0 Å². The zero-order chi connectivity index (χ0) is 28.1. The number of methoxy groups -OCH3 is 1. The SMILES string of the molecule is COCC1CCCN1C(=O)C1CCC(Nc2nccc(-n3ccc4c(OCCCS(C)(=O)=O)cccc43)n2)CC1. The van der Waals surface area contributed by atoms with Gasteiger partial charge in [0.25, 0.3) is 0 Å². The quantitative estimate of drug-likeness (QED) is 0.347.